The molecule has 0 N–H and O–H groups in total. The van der Waals surface area contributed by atoms with Gasteiger partial charge in [0.25, 0.3) is 0 Å². The van der Waals surface area contributed by atoms with Crippen LogP contribution in [0.1, 0.15) is 31.4 Å². The Labute approximate surface area is 132 Å². The fraction of sp³-hybridized carbons (Fsp3) is 0.300. The van der Waals surface area contributed by atoms with E-state index >= 15 is 0 Å². The Balaban J connectivity index is 2.00. The lowest BCUT2D eigenvalue weighted by atomic mass is 9.84. The van der Waals surface area contributed by atoms with Gasteiger partial charge in [0.15, 0.2) is 0 Å². The third-order valence-corrected chi connectivity index (χ3v) is 4.26. The zero-order chi connectivity index (χ0) is 15.6. The zero-order valence-electron chi connectivity index (χ0n) is 13.4. The van der Waals surface area contributed by atoms with Crippen LogP contribution in [0.25, 0.3) is 6.08 Å². The first-order chi connectivity index (χ1) is 10.6. The molecule has 0 saturated carbocycles. The summed E-state index contributed by atoms with van der Waals surface area (Å²) in [5.74, 6) is 0.259. The van der Waals surface area contributed by atoms with Gasteiger partial charge in [0.05, 0.1) is 0 Å². The van der Waals surface area contributed by atoms with Crippen LogP contribution in [0.3, 0.4) is 0 Å². The number of benzene rings is 2. The molecule has 22 heavy (non-hydrogen) atoms. The van der Waals surface area contributed by atoms with Crippen LogP contribution in [0.2, 0.25) is 0 Å². The SMILES string of the molecule is COC1(c2ccccc2)CC(C)(C)/C(=C/c2ccccc2)O1. The summed E-state index contributed by atoms with van der Waals surface area (Å²) in [6.45, 7) is 4.40. The molecule has 2 aromatic rings. The molecule has 1 saturated heterocycles. The molecule has 1 fully saturated rings. The molecule has 1 unspecified atom stereocenters. The summed E-state index contributed by atoms with van der Waals surface area (Å²) in [6.07, 6.45) is 2.91. The minimum atomic E-state index is -0.703. The van der Waals surface area contributed by atoms with Gasteiger partial charge in [-0.2, -0.15) is 0 Å². The van der Waals surface area contributed by atoms with E-state index in [9.17, 15) is 0 Å². The summed E-state index contributed by atoms with van der Waals surface area (Å²) < 4.78 is 12.2. The van der Waals surface area contributed by atoms with Crippen molar-refractivity contribution in [3.8, 4) is 0 Å². The van der Waals surface area contributed by atoms with Gasteiger partial charge in [-0.05, 0) is 11.6 Å². The average molecular weight is 294 g/mol. The van der Waals surface area contributed by atoms with Gasteiger partial charge in [-0.25, -0.2) is 0 Å². The van der Waals surface area contributed by atoms with Gasteiger partial charge in [0, 0.05) is 24.5 Å². The maximum Gasteiger partial charge on any atom is 0.237 e. The van der Waals surface area contributed by atoms with Crippen molar-refractivity contribution in [2.45, 2.75) is 26.1 Å². The van der Waals surface area contributed by atoms with E-state index in [2.05, 4.69) is 44.2 Å². The third kappa shape index (κ3) is 2.67. The summed E-state index contributed by atoms with van der Waals surface area (Å²) in [6, 6.07) is 20.4. The Kier molecular flexibility index (Phi) is 3.79. The summed E-state index contributed by atoms with van der Waals surface area (Å²) >= 11 is 0. The van der Waals surface area contributed by atoms with Crippen molar-refractivity contribution in [1.29, 1.82) is 0 Å². The van der Waals surface area contributed by atoms with Gasteiger partial charge in [0.2, 0.25) is 5.79 Å². The summed E-state index contributed by atoms with van der Waals surface area (Å²) in [5.41, 5.74) is 2.12. The molecule has 1 aliphatic rings. The number of hydrogen-bond acceptors (Lipinski definition) is 2. The number of hydrogen-bond donors (Lipinski definition) is 0. The minimum absolute atomic E-state index is 0.0817. The smallest absolute Gasteiger partial charge is 0.237 e. The Morgan fingerprint density at radius 1 is 0.955 bits per heavy atom. The van der Waals surface area contributed by atoms with E-state index in [-0.39, 0.29) is 5.41 Å². The zero-order valence-corrected chi connectivity index (χ0v) is 13.4. The van der Waals surface area contributed by atoms with E-state index in [0.29, 0.717) is 0 Å². The molecule has 3 rings (SSSR count). The molecular formula is C20H22O2. The first-order valence-electron chi connectivity index (χ1n) is 7.63. The van der Waals surface area contributed by atoms with Gasteiger partial charge in [-0.3, -0.25) is 0 Å². The Hall–Kier alpha value is -2.06. The van der Waals surface area contributed by atoms with Crippen molar-refractivity contribution in [1.82, 2.24) is 0 Å². The topological polar surface area (TPSA) is 18.5 Å². The highest BCUT2D eigenvalue weighted by atomic mass is 16.7. The van der Waals surface area contributed by atoms with E-state index in [1.54, 1.807) is 7.11 Å². The van der Waals surface area contributed by atoms with E-state index < -0.39 is 5.79 Å². The highest BCUT2D eigenvalue weighted by molar-refractivity contribution is 5.53. The van der Waals surface area contributed by atoms with Crippen LogP contribution in [0.15, 0.2) is 66.4 Å². The second-order valence-corrected chi connectivity index (χ2v) is 6.41. The number of ether oxygens (including phenoxy) is 2. The molecule has 0 aromatic heterocycles. The number of allylic oxidation sites excluding steroid dienone is 1. The van der Waals surface area contributed by atoms with E-state index in [1.165, 1.54) is 0 Å². The van der Waals surface area contributed by atoms with Crippen molar-refractivity contribution in [3.05, 3.63) is 77.5 Å². The lowest BCUT2D eigenvalue weighted by molar-refractivity contribution is -0.186. The van der Waals surface area contributed by atoms with Crippen LogP contribution in [0.4, 0.5) is 0 Å². The van der Waals surface area contributed by atoms with Crippen LogP contribution < -0.4 is 0 Å². The molecule has 1 atom stereocenters. The lowest BCUT2D eigenvalue weighted by Crippen LogP contribution is -2.27. The van der Waals surface area contributed by atoms with E-state index in [0.717, 1.165) is 23.3 Å². The molecule has 1 heterocycles. The van der Waals surface area contributed by atoms with Crippen LogP contribution in [-0.4, -0.2) is 7.11 Å². The molecule has 0 spiro atoms. The predicted molar refractivity (Wildman–Crippen MR) is 89.0 cm³/mol. The Morgan fingerprint density at radius 2 is 1.55 bits per heavy atom. The Morgan fingerprint density at radius 3 is 2.14 bits per heavy atom. The van der Waals surface area contributed by atoms with Crippen molar-refractivity contribution in [2.24, 2.45) is 5.41 Å². The summed E-state index contributed by atoms with van der Waals surface area (Å²) in [4.78, 5) is 0. The largest absolute Gasteiger partial charge is 0.462 e. The number of rotatable bonds is 3. The van der Waals surface area contributed by atoms with Crippen molar-refractivity contribution < 1.29 is 9.47 Å². The molecule has 0 bridgehead atoms. The van der Waals surface area contributed by atoms with Gasteiger partial charge >= 0.3 is 0 Å². The van der Waals surface area contributed by atoms with Gasteiger partial charge < -0.3 is 9.47 Å². The second kappa shape index (κ2) is 5.62. The Bertz CT molecular complexity index is 659. The average Bonchev–Trinajstić information content (AvgIpc) is 2.81. The molecule has 2 nitrogen and oxygen atoms in total. The standard InChI is InChI=1S/C20H22O2/c1-19(2)15-20(21-3,17-12-8-5-9-13-17)22-18(19)14-16-10-6-4-7-11-16/h4-14H,15H2,1-3H3/b18-14-. The van der Waals surface area contributed by atoms with Crippen LogP contribution >= 0.6 is 0 Å². The van der Waals surface area contributed by atoms with Crippen molar-refractivity contribution in [2.75, 3.05) is 7.11 Å². The predicted octanol–water partition coefficient (Wildman–Crippen LogP) is 4.97. The minimum Gasteiger partial charge on any atom is -0.462 e. The highest BCUT2D eigenvalue weighted by Crippen LogP contribution is 2.52. The molecule has 1 aliphatic heterocycles. The third-order valence-electron chi connectivity index (χ3n) is 4.26. The number of methoxy groups -OCH3 is 1. The van der Waals surface area contributed by atoms with Crippen LogP contribution in [0.5, 0.6) is 0 Å². The normalized spacial score (nSPS) is 25.1. The molecule has 114 valence electrons. The fourth-order valence-corrected chi connectivity index (χ4v) is 3.03. The summed E-state index contributed by atoms with van der Waals surface area (Å²) in [5, 5.41) is 0. The molecule has 2 heteroatoms. The van der Waals surface area contributed by atoms with Crippen LogP contribution in [0, 0.1) is 5.41 Å². The molecule has 2 aromatic carbocycles. The fourth-order valence-electron chi connectivity index (χ4n) is 3.03. The van der Waals surface area contributed by atoms with Crippen LogP contribution in [-0.2, 0) is 15.3 Å². The monoisotopic (exact) mass is 294 g/mol. The molecule has 0 radical (unpaired) electrons. The maximum absolute atomic E-state index is 6.34. The maximum atomic E-state index is 6.34. The molecular weight excluding hydrogens is 272 g/mol. The van der Waals surface area contributed by atoms with Crippen molar-refractivity contribution >= 4 is 6.08 Å². The van der Waals surface area contributed by atoms with E-state index in [1.807, 2.05) is 36.4 Å². The molecule has 0 amide bonds. The second-order valence-electron chi connectivity index (χ2n) is 6.41. The van der Waals surface area contributed by atoms with Crippen molar-refractivity contribution in [3.63, 3.8) is 0 Å². The van der Waals surface area contributed by atoms with E-state index in [4.69, 9.17) is 9.47 Å². The summed E-state index contributed by atoms with van der Waals surface area (Å²) in [7, 11) is 1.72. The lowest BCUT2D eigenvalue weighted by Gasteiger charge is -2.27. The highest BCUT2D eigenvalue weighted by Gasteiger charge is 2.50. The first kappa shape index (κ1) is 14.9. The first-order valence-corrected chi connectivity index (χ1v) is 7.63. The van der Waals surface area contributed by atoms with Gasteiger partial charge in [-0.15, -0.1) is 0 Å². The van der Waals surface area contributed by atoms with Gasteiger partial charge in [-0.1, -0.05) is 74.5 Å². The molecule has 0 aliphatic carbocycles. The quantitative estimate of drug-likeness (QED) is 0.795. The van der Waals surface area contributed by atoms with Gasteiger partial charge in [0.1, 0.15) is 5.76 Å².